The lowest BCUT2D eigenvalue weighted by atomic mass is 9.91. The van der Waals surface area contributed by atoms with Gasteiger partial charge in [-0.05, 0) is 43.9 Å². The van der Waals surface area contributed by atoms with Gasteiger partial charge >= 0.3 is 0 Å². The van der Waals surface area contributed by atoms with Crippen molar-refractivity contribution in [3.63, 3.8) is 0 Å². The van der Waals surface area contributed by atoms with E-state index in [2.05, 4.69) is 10.6 Å². The van der Waals surface area contributed by atoms with Gasteiger partial charge in [-0.3, -0.25) is 14.4 Å². The minimum atomic E-state index is -0.456. The van der Waals surface area contributed by atoms with Gasteiger partial charge in [0.05, 0.1) is 16.5 Å². The van der Waals surface area contributed by atoms with Gasteiger partial charge in [0.1, 0.15) is 0 Å². The van der Waals surface area contributed by atoms with E-state index in [4.69, 9.17) is 11.6 Å². The molecule has 6 nitrogen and oxygen atoms in total. The first kappa shape index (κ1) is 20.6. The molecule has 1 aliphatic carbocycles. The third-order valence-corrected chi connectivity index (χ3v) is 5.43. The Hall–Kier alpha value is -2.08. The van der Waals surface area contributed by atoms with Crippen molar-refractivity contribution in [2.24, 2.45) is 11.3 Å². The third kappa shape index (κ3) is 5.04. The summed E-state index contributed by atoms with van der Waals surface area (Å²) in [7, 11) is 0. The van der Waals surface area contributed by atoms with E-state index >= 15 is 0 Å². The van der Waals surface area contributed by atoms with Gasteiger partial charge in [-0.1, -0.05) is 32.4 Å². The summed E-state index contributed by atoms with van der Waals surface area (Å²) >= 11 is 6.25. The highest BCUT2D eigenvalue weighted by Gasteiger charge is 2.33. The molecule has 2 aliphatic rings. The van der Waals surface area contributed by atoms with Gasteiger partial charge in [-0.15, -0.1) is 0 Å². The van der Waals surface area contributed by atoms with Crippen molar-refractivity contribution in [1.82, 2.24) is 10.2 Å². The molecule has 0 bridgehead atoms. The van der Waals surface area contributed by atoms with Gasteiger partial charge in [-0.2, -0.15) is 0 Å². The first-order valence-electron chi connectivity index (χ1n) is 9.86. The number of carbonyl (C=O) groups is 3. The van der Waals surface area contributed by atoms with E-state index in [1.54, 1.807) is 23.1 Å². The van der Waals surface area contributed by atoms with E-state index in [9.17, 15) is 14.4 Å². The Morgan fingerprint density at radius 1 is 1.14 bits per heavy atom. The fraction of sp³-hybridized carbons (Fsp3) is 0.571. The van der Waals surface area contributed by atoms with Crippen LogP contribution < -0.4 is 10.6 Å². The molecule has 1 heterocycles. The molecule has 1 unspecified atom stereocenters. The maximum Gasteiger partial charge on any atom is 0.253 e. The normalized spacial score (nSPS) is 19.9. The van der Waals surface area contributed by atoms with E-state index < -0.39 is 5.41 Å². The second-order valence-electron chi connectivity index (χ2n) is 8.77. The number of amides is 3. The molecule has 1 aliphatic heterocycles. The number of halogens is 1. The van der Waals surface area contributed by atoms with Crippen LogP contribution in [0.25, 0.3) is 0 Å². The van der Waals surface area contributed by atoms with Crippen molar-refractivity contribution in [3.05, 3.63) is 28.8 Å². The van der Waals surface area contributed by atoms with Gasteiger partial charge in [0, 0.05) is 30.2 Å². The molecule has 2 N–H and O–H groups in total. The number of rotatable bonds is 4. The summed E-state index contributed by atoms with van der Waals surface area (Å²) in [4.78, 5) is 39.2. The van der Waals surface area contributed by atoms with Crippen LogP contribution in [0, 0.1) is 11.3 Å². The molecule has 3 amide bonds. The summed E-state index contributed by atoms with van der Waals surface area (Å²) < 4.78 is 0. The van der Waals surface area contributed by atoms with E-state index in [-0.39, 0.29) is 29.7 Å². The number of nitrogens with zero attached hydrogens (tertiary/aromatic N) is 1. The second-order valence-corrected chi connectivity index (χ2v) is 9.18. The van der Waals surface area contributed by atoms with Crippen molar-refractivity contribution in [1.29, 1.82) is 0 Å². The number of hydrogen-bond acceptors (Lipinski definition) is 3. The molecule has 1 aromatic rings. The van der Waals surface area contributed by atoms with Crippen LogP contribution in [0.1, 0.15) is 56.8 Å². The fourth-order valence-electron chi connectivity index (χ4n) is 3.36. The Labute approximate surface area is 171 Å². The Morgan fingerprint density at radius 3 is 2.46 bits per heavy atom. The van der Waals surface area contributed by atoms with Crippen LogP contribution >= 0.6 is 11.6 Å². The molecule has 1 saturated heterocycles. The zero-order chi connectivity index (χ0) is 20.5. The predicted molar refractivity (Wildman–Crippen MR) is 109 cm³/mol. The number of nitrogens with one attached hydrogen (secondary N) is 2. The number of likely N-dealkylation sites (tertiary alicyclic amines) is 1. The van der Waals surface area contributed by atoms with Crippen LogP contribution in [-0.4, -0.2) is 41.8 Å². The lowest BCUT2D eigenvalue weighted by Crippen LogP contribution is -2.47. The second kappa shape index (κ2) is 8.11. The molecule has 7 heteroatoms. The maximum atomic E-state index is 12.7. The highest BCUT2D eigenvalue weighted by atomic mass is 35.5. The highest BCUT2D eigenvalue weighted by Crippen LogP contribution is 2.26. The summed E-state index contributed by atoms with van der Waals surface area (Å²) in [6.07, 6.45) is 3.57. The fourth-order valence-corrected chi connectivity index (χ4v) is 3.63. The Bertz CT molecular complexity index is 784. The minimum absolute atomic E-state index is 0.0686. The maximum absolute atomic E-state index is 12.7. The van der Waals surface area contributed by atoms with Crippen LogP contribution in [-0.2, 0) is 9.59 Å². The SMILES string of the molecule is CC(C)(C)C(=O)N1CCCC(C(=O)Nc2ccc(C(=O)NC3CC3)c(Cl)c2)C1. The average Bonchev–Trinajstić information content (AvgIpc) is 3.44. The Morgan fingerprint density at radius 2 is 1.86 bits per heavy atom. The lowest BCUT2D eigenvalue weighted by molar-refractivity contribution is -0.142. The van der Waals surface area contributed by atoms with Crippen molar-refractivity contribution < 1.29 is 14.4 Å². The summed E-state index contributed by atoms with van der Waals surface area (Å²) in [5, 5.41) is 6.09. The van der Waals surface area contributed by atoms with E-state index in [1.807, 2.05) is 20.8 Å². The van der Waals surface area contributed by atoms with E-state index in [0.29, 0.717) is 29.4 Å². The number of hydrogen-bond donors (Lipinski definition) is 2. The minimum Gasteiger partial charge on any atom is -0.349 e. The highest BCUT2D eigenvalue weighted by molar-refractivity contribution is 6.34. The van der Waals surface area contributed by atoms with Gasteiger partial charge in [0.25, 0.3) is 5.91 Å². The monoisotopic (exact) mass is 405 g/mol. The molecule has 0 radical (unpaired) electrons. The number of piperidine rings is 1. The van der Waals surface area contributed by atoms with Gasteiger partial charge in [0.2, 0.25) is 11.8 Å². The summed E-state index contributed by atoms with van der Waals surface area (Å²) in [6, 6.07) is 5.17. The number of carbonyl (C=O) groups excluding carboxylic acids is 3. The Balaban J connectivity index is 1.61. The topological polar surface area (TPSA) is 78.5 Å². The zero-order valence-electron chi connectivity index (χ0n) is 16.7. The van der Waals surface area contributed by atoms with Crippen molar-refractivity contribution in [2.45, 2.75) is 52.5 Å². The van der Waals surface area contributed by atoms with Crippen LogP contribution in [0.4, 0.5) is 5.69 Å². The van der Waals surface area contributed by atoms with Gasteiger partial charge in [-0.25, -0.2) is 0 Å². The number of benzene rings is 1. The van der Waals surface area contributed by atoms with Crippen LogP contribution in [0.2, 0.25) is 5.02 Å². The van der Waals surface area contributed by atoms with Crippen LogP contribution in [0.15, 0.2) is 18.2 Å². The van der Waals surface area contributed by atoms with Crippen LogP contribution in [0.3, 0.4) is 0 Å². The predicted octanol–water partition coefficient (Wildman–Crippen LogP) is 3.46. The lowest BCUT2D eigenvalue weighted by Gasteiger charge is -2.35. The van der Waals surface area contributed by atoms with Gasteiger partial charge < -0.3 is 15.5 Å². The molecule has 1 atom stereocenters. The molecule has 152 valence electrons. The first-order chi connectivity index (χ1) is 13.1. The van der Waals surface area contributed by atoms with E-state index in [1.165, 1.54) is 0 Å². The number of anilines is 1. The summed E-state index contributed by atoms with van der Waals surface area (Å²) in [5.41, 5.74) is 0.506. The Kier molecular flexibility index (Phi) is 5.98. The summed E-state index contributed by atoms with van der Waals surface area (Å²) in [5.74, 6) is -0.498. The van der Waals surface area contributed by atoms with Crippen molar-refractivity contribution >= 4 is 35.0 Å². The molecule has 1 saturated carbocycles. The zero-order valence-corrected chi connectivity index (χ0v) is 17.4. The molecule has 1 aromatic carbocycles. The molecule has 28 heavy (non-hydrogen) atoms. The van der Waals surface area contributed by atoms with E-state index in [0.717, 1.165) is 25.7 Å². The van der Waals surface area contributed by atoms with Gasteiger partial charge in [0.15, 0.2) is 0 Å². The molecular formula is C21H28ClN3O3. The standard InChI is InChI=1S/C21H28ClN3O3/c1-21(2,3)20(28)25-10-4-5-13(12-25)18(26)24-15-8-9-16(17(22)11-15)19(27)23-14-6-7-14/h8-9,11,13-14H,4-7,10,12H2,1-3H3,(H,23,27)(H,24,26). The molecule has 3 rings (SSSR count). The van der Waals surface area contributed by atoms with Crippen molar-refractivity contribution in [2.75, 3.05) is 18.4 Å². The van der Waals surface area contributed by atoms with Crippen LogP contribution in [0.5, 0.6) is 0 Å². The first-order valence-corrected chi connectivity index (χ1v) is 10.2. The largest absolute Gasteiger partial charge is 0.349 e. The molecule has 0 aromatic heterocycles. The van der Waals surface area contributed by atoms with Crippen molar-refractivity contribution in [3.8, 4) is 0 Å². The molecule has 2 fully saturated rings. The summed E-state index contributed by atoms with van der Waals surface area (Å²) in [6.45, 7) is 6.79. The molecular weight excluding hydrogens is 378 g/mol. The quantitative estimate of drug-likeness (QED) is 0.805. The molecule has 0 spiro atoms. The average molecular weight is 406 g/mol. The third-order valence-electron chi connectivity index (χ3n) is 5.11. The smallest absolute Gasteiger partial charge is 0.253 e.